The van der Waals surface area contributed by atoms with E-state index in [0.717, 1.165) is 0 Å². The summed E-state index contributed by atoms with van der Waals surface area (Å²) in [6.45, 7) is 1.33. The highest BCUT2D eigenvalue weighted by molar-refractivity contribution is 5.66. The number of carbonyl (C=O) groups excluding carboxylic acids is 1. The number of aliphatic hydroxyl groups excluding tert-OH is 1. The van der Waals surface area contributed by atoms with Crippen molar-refractivity contribution in [1.82, 2.24) is 0 Å². The predicted molar refractivity (Wildman–Crippen MR) is 35.3 cm³/mol. The van der Waals surface area contributed by atoms with Gasteiger partial charge in [-0.15, -0.1) is 0 Å². The summed E-state index contributed by atoms with van der Waals surface area (Å²) in [4.78, 5) is 10.4. The molecule has 0 aliphatic heterocycles. The van der Waals surface area contributed by atoms with Crippen LogP contribution >= 0.6 is 0 Å². The van der Waals surface area contributed by atoms with Crippen LogP contribution in [0, 0.1) is 0 Å². The first-order chi connectivity index (χ1) is 4.70. The summed E-state index contributed by atoms with van der Waals surface area (Å²) in [5, 5.41) is 9.10. The van der Waals surface area contributed by atoms with Crippen LogP contribution in [0.1, 0.15) is 13.3 Å². The molecule has 0 aromatic rings. The second-order valence-electron chi connectivity index (χ2n) is 2.31. The van der Waals surface area contributed by atoms with Crippen LogP contribution in [0.4, 0.5) is 0 Å². The van der Waals surface area contributed by atoms with Crippen LogP contribution in [0.25, 0.3) is 0 Å². The highest BCUT2D eigenvalue weighted by Crippen LogP contribution is 2.13. The predicted octanol–water partition coefficient (Wildman–Crippen LogP) is 0.239. The molecule has 1 aliphatic rings. The Bertz CT molecular complexity index is 162. The third kappa shape index (κ3) is 1.57. The molecule has 3 heteroatoms. The van der Waals surface area contributed by atoms with E-state index in [1.807, 2.05) is 0 Å². The van der Waals surface area contributed by atoms with Crippen molar-refractivity contribution in [2.24, 2.45) is 0 Å². The molecule has 0 spiro atoms. The monoisotopic (exact) mass is 142 g/mol. The van der Waals surface area contributed by atoms with Crippen molar-refractivity contribution in [2.75, 3.05) is 0 Å². The summed E-state index contributed by atoms with van der Waals surface area (Å²) in [5.41, 5.74) is 0. The minimum Gasteiger partial charge on any atom is -0.456 e. The molecular weight excluding hydrogens is 132 g/mol. The molecule has 1 rings (SSSR count). The Labute approximate surface area is 59.3 Å². The summed E-state index contributed by atoms with van der Waals surface area (Å²) < 4.78 is 4.75. The highest BCUT2D eigenvalue weighted by atomic mass is 16.6. The first-order valence-corrected chi connectivity index (χ1v) is 3.22. The van der Waals surface area contributed by atoms with Crippen molar-refractivity contribution in [3.8, 4) is 0 Å². The summed E-state index contributed by atoms with van der Waals surface area (Å²) in [6, 6.07) is 0. The van der Waals surface area contributed by atoms with Gasteiger partial charge in [-0.2, -0.15) is 0 Å². The van der Waals surface area contributed by atoms with Gasteiger partial charge in [-0.3, -0.25) is 4.79 Å². The maximum absolute atomic E-state index is 10.4. The van der Waals surface area contributed by atoms with Crippen LogP contribution in [0.2, 0.25) is 0 Å². The van der Waals surface area contributed by atoms with Crippen molar-refractivity contribution < 1.29 is 14.6 Å². The molecule has 0 unspecified atom stereocenters. The molecule has 0 saturated heterocycles. The zero-order valence-electron chi connectivity index (χ0n) is 5.78. The SMILES string of the molecule is CC(=O)O[C@@H]1C=CC[C@H]1O. The Morgan fingerprint density at radius 1 is 1.80 bits per heavy atom. The number of hydrogen-bond acceptors (Lipinski definition) is 3. The molecule has 0 aromatic heterocycles. The van der Waals surface area contributed by atoms with Gasteiger partial charge in [0.2, 0.25) is 0 Å². The molecule has 0 fully saturated rings. The quantitative estimate of drug-likeness (QED) is 0.421. The molecule has 10 heavy (non-hydrogen) atoms. The summed E-state index contributed by atoms with van der Waals surface area (Å²) in [5.74, 6) is -0.351. The van der Waals surface area contributed by atoms with E-state index in [0.29, 0.717) is 6.42 Å². The number of esters is 1. The Hall–Kier alpha value is -0.830. The molecule has 0 aromatic carbocycles. The zero-order chi connectivity index (χ0) is 7.56. The van der Waals surface area contributed by atoms with Gasteiger partial charge < -0.3 is 9.84 Å². The summed E-state index contributed by atoms with van der Waals surface area (Å²) in [6.07, 6.45) is 3.13. The van der Waals surface area contributed by atoms with E-state index in [4.69, 9.17) is 9.84 Å². The molecular formula is C7H10O3. The van der Waals surface area contributed by atoms with Gasteiger partial charge in [0.1, 0.15) is 6.10 Å². The van der Waals surface area contributed by atoms with Gasteiger partial charge in [-0.1, -0.05) is 6.08 Å². The van der Waals surface area contributed by atoms with E-state index in [1.54, 1.807) is 12.2 Å². The number of carbonyl (C=O) groups is 1. The maximum atomic E-state index is 10.4. The van der Waals surface area contributed by atoms with Crippen LogP contribution in [-0.4, -0.2) is 23.3 Å². The van der Waals surface area contributed by atoms with E-state index in [1.165, 1.54) is 6.92 Å². The van der Waals surface area contributed by atoms with Gasteiger partial charge in [-0.05, 0) is 12.5 Å². The van der Waals surface area contributed by atoms with Crippen molar-refractivity contribution in [3.05, 3.63) is 12.2 Å². The summed E-state index contributed by atoms with van der Waals surface area (Å²) in [7, 11) is 0. The van der Waals surface area contributed by atoms with E-state index in [-0.39, 0.29) is 5.97 Å². The first-order valence-electron chi connectivity index (χ1n) is 3.22. The average molecular weight is 142 g/mol. The average Bonchev–Trinajstić information content (AvgIpc) is 2.15. The topological polar surface area (TPSA) is 46.5 Å². The van der Waals surface area contributed by atoms with Crippen molar-refractivity contribution in [1.29, 1.82) is 0 Å². The second-order valence-corrected chi connectivity index (χ2v) is 2.31. The molecule has 0 heterocycles. The van der Waals surface area contributed by atoms with Crippen molar-refractivity contribution in [2.45, 2.75) is 25.6 Å². The van der Waals surface area contributed by atoms with Crippen LogP contribution in [-0.2, 0) is 9.53 Å². The third-order valence-corrected chi connectivity index (χ3v) is 1.38. The van der Waals surface area contributed by atoms with Gasteiger partial charge in [0.25, 0.3) is 0 Å². The minimum atomic E-state index is -0.538. The van der Waals surface area contributed by atoms with Crippen LogP contribution in [0.5, 0.6) is 0 Å². The Morgan fingerprint density at radius 2 is 2.50 bits per heavy atom. The third-order valence-electron chi connectivity index (χ3n) is 1.38. The number of rotatable bonds is 1. The lowest BCUT2D eigenvalue weighted by Crippen LogP contribution is -2.24. The standard InChI is InChI=1S/C7H10O3/c1-5(8)10-7-4-2-3-6(7)9/h2,4,6-7,9H,3H2,1H3/t6-,7-/m1/s1. The molecule has 3 nitrogen and oxygen atoms in total. The lowest BCUT2D eigenvalue weighted by molar-refractivity contribution is -0.148. The van der Waals surface area contributed by atoms with Gasteiger partial charge >= 0.3 is 5.97 Å². The van der Waals surface area contributed by atoms with E-state index in [9.17, 15) is 4.79 Å². The smallest absolute Gasteiger partial charge is 0.303 e. The lowest BCUT2D eigenvalue weighted by atomic mass is 10.2. The Kier molecular flexibility index (Phi) is 2.06. The molecule has 56 valence electrons. The largest absolute Gasteiger partial charge is 0.456 e. The highest BCUT2D eigenvalue weighted by Gasteiger charge is 2.22. The fourth-order valence-corrected chi connectivity index (χ4v) is 0.924. The van der Waals surface area contributed by atoms with E-state index in [2.05, 4.69) is 0 Å². The second kappa shape index (κ2) is 2.84. The summed E-state index contributed by atoms with van der Waals surface area (Å²) >= 11 is 0. The molecule has 0 amide bonds. The maximum Gasteiger partial charge on any atom is 0.303 e. The molecule has 2 atom stereocenters. The van der Waals surface area contributed by atoms with E-state index < -0.39 is 12.2 Å². The molecule has 0 bridgehead atoms. The van der Waals surface area contributed by atoms with Crippen LogP contribution < -0.4 is 0 Å². The van der Waals surface area contributed by atoms with E-state index >= 15 is 0 Å². The van der Waals surface area contributed by atoms with Crippen molar-refractivity contribution >= 4 is 5.97 Å². The molecule has 0 radical (unpaired) electrons. The number of hydrogen-bond donors (Lipinski definition) is 1. The Morgan fingerprint density at radius 3 is 2.90 bits per heavy atom. The Balaban J connectivity index is 2.40. The molecule has 1 N–H and O–H groups in total. The van der Waals surface area contributed by atoms with Gasteiger partial charge in [0, 0.05) is 6.92 Å². The zero-order valence-corrected chi connectivity index (χ0v) is 5.78. The lowest BCUT2D eigenvalue weighted by Gasteiger charge is -2.12. The first kappa shape index (κ1) is 7.28. The molecule has 0 saturated carbocycles. The van der Waals surface area contributed by atoms with Gasteiger partial charge in [0.15, 0.2) is 0 Å². The minimum absolute atomic E-state index is 0.351. The van der Waals surface area contributed by atoms with Crippen LogP contribution in [0.15, 0.2) is 12.2 Å². The number of ether oxygens (including phenoxy) is 1. The fraction of sp³-hybridized carbons (Fsp3) is 0.571. The van der Waals surface area contributed by atoms with Gasteiger partial charge in [-0.25, -0.2) is 0 Å². The fourth-order valence-electron chi connectivity index (χ4n) is 0.924. The van der Waals surface area contributed by atoms with Crippen LogP contribution in [0.3, 0.4) is 0 Å². The molecule has 1 aliphatic carbocycles. The normalized spacial score (nSPS) is 30.6. The van der Waals surface area contributed by atoms with Crippen molar-refractivity contribution in [3.63, 3.8) is 0 Å². The van der Waals surface area contributed by atoms with Gasteiger partial charge in [0.05, 0.1) is 6.10 Å². The number of aliphatic hydroxyl groups is 1.